The molecule has 0 aromatic heterocycles. The fourth-order valence-electron chi connectivity index (χ4n) is 2.80. The van der Waals surface area contributed by atoms with E-state index in [0.29, 0.717) is 17.3 Å². The second-order valence-corrected chi connectivity index (χ2v) is 6.31. The summed E-state index contributed by atoms with van der Waals surface area (Å²) in [5.74, 6) is 1.25. The van der Waals surface area contributed by atoms with Gasteiger partial charge in [0.05, 0.1) is 10.7 Å². The number of rotatable bonds is 5. The van der Waals surface area contributed by atoms with E-state index >= 15 is 0 Å². The first-order chi connectivity index (χ1) is 12.7. The summed E-state index contributed by atoms with van der Waals surface area (Å²) in [5.41, 5.74) is 10.3. The Hall–Kier alpha value is -2.52. The van der Waals surface area contributed by atoms with Gasteiger partial charge < -0.3 is 20.1 Å². The molecule has 1 amide bonds. The summed E-state index contributed by atoms with van der Waals surface area (Å²) < 4.78 is 10.6. The molecule has 0 saturated carbocycles. The Labute approximate surface area is 155 Å². The molecule has 2 atom stereocenters. The van der Waals surface area contributed by atoms with Crippen molar-refractivity contribution in [2.24, 2.45) is 0 Å². The molecule has 4 rings (SSSR count). The number of amides is 1. The number of fused-ring (bicyclic) bond motifs is 1. The summed E-state index contributed by atoms with van der Waals surface area (Å²) >= 11 is 6.16. The van der Waals surface area contributed by atoms with Gasteiger partial charge in [-0.25, -0.2) is 10.9 Å². The third-order valence-electron chi connectivity index (χ3n) is 4.16. The Morgan fingerprint density at radius 2 is 2.00 bits per heavy atom. The first-order valence-corrected chi connectivity index (χ1v) is 8.52. The minimum absolute atomic E-state index is 0.162. The average molecular weight is 376 g/mol. The molecule has 26 heavy (non-hydrogen) atoms. The molecule has 9 heteroatoms. The predicted octanol–water partition coefficient (Wildman–Crippen LogP) is 1.10. The van der Waals surface area contributed by atoms with E-state index in [-0.39, 0.29) is 18.9 Å². The first kappa shape index (κ1) is 16.9. The molecule has 136 valence electrons. The van der Waals surface area contributed by atoms with Gasteiger partial charge in [-0.2, -0.15) is 5.53 Å². The Bertz CT molecular complexity index is 819. The summed E-state index contributed by atoms with van der Waals surface area (Å²) in [6, 6.07) is 12.4. The van der Waals surface area contributed by atoms with Gasteiger partial charge in [-0.15, -0.1) is 0 Å². The van der Waals surface area contributed by atoms with Gasteiger partial charge in [-0.3, -0.25) is 4.79 Å². The molecule has 2 unspecified atom stereocenters. The molecule has 0 spiro atoms. The second-order valence-electron chi connectivity index (χ2n) is 5.90. The van der Waals surface area contributed by atoms with E-state index in [1.165, 1.54) is 0 Å². The molecule has 8 nitrogen and oxygen atoms in total. The SMILES string of the molecule is O=C(NCc1ccc2c(c1)OCO2)C1NNNC1Nc1ccccc1Cl. The van der Waals surface area contributed by atoms with Crippen molar-refractivity contribution in [1.82, 2.24) is 21.7 Å². The minimum Gasteiger partial charge on any atom is -0.454 e. The highest BCUT2D eigenvalue weighted by molar-refractivity contribution is 6.33. The van der Waals surface area contributed by atoms with Crippen molar-refractivity contribution >= 4 is 23.2 Å². The number of para-hydroxylation sites is 1. The smallest absolute Gasteiger partial charge is 0.242 e. The van der Waals surface area contributed by atoms with Crippen molar-refractivity contribution in [2.75, 3.05) is 12.1 Å². The summed E-state index contributed by atoms with van der Waals surface area (Å²) in [5, 5.41) is 6.70. The number of carbonyl (C=O) groups is 1. The highest BCUT2D eigenvalue weighted by atomic mass is 35.5. The largest absolute Gasteiger partial charge is 0.454 e. The third kappa shape index (κ3) is 3.54. The number of hydrogen-bond donors (Lipinski definition) is 5. The average Bonchev–Trinajstić information content (AvgIpc) is 3.30. The zero-order valence-electron chi connectivity index (χ0n) is 13.7. The molecule has 2 aliphatic rings. The first-order valence-electron chi connectivity index (χ1n) is 8.14. The normalized spacial score (nSPS) is 20.8. The number of anilines is 1. The van der Waals surface area contributed by atoms with Crippen LogP contribution in [0.4, 0.5) is 5.69 Å². The second kappa shape index (κ2) is 7.38. The Morgan fingerprint density at radius 3 is 2.88 bits per heavy atom. The maximum atomic E-state index is 12.6. The maximum absolute atomic E-state index is 12.6. The van der Waals surface area contributed by atoms with Crippen LogP contribution in [0.3, 0.4) is 0 Å². The molecular formula is C17H18ClN5O3. The van der Waals surface area contributed by atoms with E-state index < -0.39 is 6.04 Å². The number of carbonyl (C=O) groups excluding carboxylic acids is 1. The van der Waals surface area contributed by atoms with E-state index in [1.54, 1.807) is 6.07 Å². The van der Waals surface area contributed by atoms with Gasteiger partial charge in [0, 0.05) is 6.54 Å². The molecule has 0 aliphatic carbocycles. The van der Waals surface area contributed by atoms with E-state index in [0.717, 1.165) is 17.0 Å². The standard InChI is InChI=1S/C17H18ClN5O3/c18-11-3-1-2-4-12(11)20-16-15(21-23-22-16)17(24)19-8-10-5-6-13-14(7-10)26-9-25-13/h1-7,15-16,20-23H,8-9H2,(H,19,24). The van der Waals surface area contributed by atoms with Crippen molar-refractivity contribution in [3.05, 3.63) is 53.1 Å². The highest BCUT2D eigenvalue weighted by Crippen LogP contribution is 2.32. The van der Waals surface area contributed by atoms with Gasteiger partial charge in [-0.05, 0) is 29.8 Å². The van der Waals surface area contributed by atoms with Gasteiger partial charge in [0.25, 0.3) is 0 Å². The predicted molar refractivity (Wildman–Crippen MR) is 96.5 cm³/mol. The Kier molecular flexibility index (Phi) is 4.81. The Balaban J connectivity index is 1.37. The zero-order valence-corrected chi connectivity index (χ0v) is 14.5. The molecule has 2 aromatic carbocycles. The van der Waals surface area contributed by atoms with Gasteiger partial charge in [0.1, 0.15) is 12.2 Å². The monoisotopic (exact) mass is 375 g/mol. The van der Waals surface area contributed by atoms with Crippen LogP contribution >= 0.6 is 11.6 Å². The van der Waals surface area contributed by atoms with Gasteiger partial charge in [0.2, 0.25) is 12.7 Å². The van der Waals surface area contributed by atoms with Crippen LogP contribution in [0.2, 0.25) is 5.02 Å². The summed E-state index contributed by atoms with van der Waals surface area (Å²) in [6.07, 6.45) is -0.369. The number of hydrogen-bond acceptors (Lipinski definition) is 7. The summed E-state index contributed by atoms with van der Waals surface area (Å²) in [6.45, 7) is 0.607. The molecule has 0 bridgehead atoms. The van der Waals surface area contributed by atoms with Crippen LogP contribution < -0.4 is 36.5 Å². The Morgan fingerprint density at radius 1 is 1.15 bits per heavy atom. The lowest BCUT2D eigenvalue weighted by Gasteiger charge is -2.20. The molecule has 2 heterocycles. The molecule has 2 aliphatic heterocycles. The highest BCUT2D eigenvalue weighted by Gasteiger charge is 2.32. The number of nitrogens with one attached hydrogen (secondary N) is 5. The topological polar surface area (TPSA) is 95.7 Å². The van der Waals surface area contributed by atoms with Crippen molar-refractivity contribution in [2.45, 2.75) is 18.8 Å². The molecule has 1 fully saturated rings. The lowest BCUT2D eigenvalue weighted by atomic mass is 10.1. The van der Waals surface area contributed by atoms with E-state index in [4.69, 9.17) is 21.1 Å². The molecular weight excluding hydrogens is 358 g/mol. The molecule has 2 aromatic rings. The van der Waals surface area contributed by atoms with Crippen LogP contribution in [0.1, 0.15) is 5.56 Å². The van der Waals surface area contributed by atoms with E-state index in [1.807, 2.05) is 36.4 Å². The number of benzene rings is 2. The van der Waals surface area contributed by atoms with Crippen molar-refractivity contribution in [3.63, 3.8) is 0 Å². The van der Waals surface area contributed by atoms with Crippen LogP contribution in [0.5, 0.6) is 11.5 Å². The zero-order chi connectivity index (χ0) is 17.9. The van der Waals surface area contributed by atoms with Crippen LogP contribution in [-0.2, 0) is 11.3 Å². The van der Waals surface area contributed by atoms with Crippen molar-refractivity contribution in [1.29, 1.82) is 0 Å². The third-order valence-corrected chi connectivity index (χ3v) is 4.49. The van der Waals surface area contributed by atoms with Crippen LogP contribution in [0.15, 0.2) is 42.5 Å². The molecule has 1 saturated heterocycles. The quantitative estimate of drug-likeness (QED) is 0.534. The van der Waals surface area contributed by atoms with Crippen molar-refractivity contribution < 1.29 is 14.3 Å². The fourth-order valence-corrected chi connectivity index (χ4v) is 2.99. The fraction of sp³-hybridized carbons (Fsp3) is 0.235. The van der Waals surface area contributed by atoms with Gasteiger partial charge >= 0.3 is 0 Å². The number of hydrazine groups is 2. The van der Waals surface area contributed by atoms with Crippen LogP contribution in [0.25, 0.3) is 0 Å². The molecule has 0 radical (unpaired) electrons. The van der Waals surface area contributed by atoms with Crippen molar-refractivity contribution in [3.8, 4) is 11.5 Å². The summed E-state index contributed by atoms with van der Waals surface area (Å²) in [4.78, 5) is 12.6. The lowest BCUT2D eigenvalue weighted by Crippen LogP contribution is -2.50. The summed E-state index contributed by atoms with van der Waals surface area (Å²) in [7, 11) is 0. The van der Waals surface area contributed by atoms with E-state index in [2.05, 4.69) is 27.0 Å². The van der Waals surface area contributed by atoms with E-state index in [9.17, 15) is 4.79 Å². The van der Waals surface area contributed by atoms with Gasteiger partial charge in [-0.1, -0.05) is 29.8 Å². The van der Waals surface area contributed by atoms with Gasteiger partial charge in [0.15, 0.2) is 11.5 Å². The lowest BCUT2D eigenvalue weighted by molar-refractivity contribution is -0.123. The molecule has 5 N–H and O–H groups in total. The number of halogens is 1. The maximum Gasteiger partial charge on any atom is 0.242 e. The number of ether oxygens (including phenoxy) is 2. The van der Waals surface area contributed by atoms with Crippen LogP contribution in [0, 0.1) is 0 Å². The van der Waals surface area contributed by atoms with Crippen LogP contribution in [-0.4, -0.2) is 24.9 Å². The minimum atomic E-state index is -0.528.